The van der Waals surface area contributed by atoms with E-state index in [4.69, 9.17) is 0 Å². The van der Waals surface area contributed by atoms with Gasteiger partial charge in [-0.3, -0.25) is 4.90 Å². The molecular formula is C11H22F3N. The molecule has 1 saturated heterocycles. The fraction of sp³-hybridized carbons (Fsp3) is 1.00. The second-order valence-corrected chi connectivity index (χ2v) is 3.97. The van der Waals surface area contributed by atoms with Crippen molar-refractivity contribution in [2.24, 2.45) is 5.41 Å². The molecule has 1 nitrogen and oxygen atoms in total. The number of hydrogen-bond donors (Lipinski definition) is 0. The highest BCUT2D eigenvalue weighted by Gasteiger charge is 2.44. The van der Waals surface area contributed by atoms with E-state index in [0.29, 0.717) is 13.1 Å². The summed E-state index contributed by atoms with van der Waals surface area (Å²) in [5.74, 6) is 0. The van der Waals surface area contributed by atoms with Gasteiger partial charge in [-0.15, -0.1) is 0 Å². The van der Waals surface area contributed by atoms with Crippen LogP contribution in [0.1, 0.15) is 40.5 Å². The largest absolute Gasteiger partial charge is 0.401 e. The van der Waals surface area contributed by atoms with Crippen molar-refractivity contribution < 1.29 is 13.2 Å². The lowest BCUT2D eigenvalue weighted by molar-refractivity contribution is -0.170. The maximum absolute atomic E-state index is 11.9. The summed E-state index contributed by atoms with van der Waals surface area (Å²) in [6.07, 6.45) is -2.07. The second kappa shape index (κ2) is 5.73. The average Bonchev–Trinajstić information content (AvgIpc) is 2.12. The van der Waals surface area contributed by atoms with Crippen LogP contribution in [0.15, 0.2) is 0 Å². The molecule has 1 rings (SSSR count). The van der Waals surface area contributed by atoms with Gasteiger partial charge in [0.25, 0.3) is 0 Å². The topological polar surface area (TPSA) is 3.24 Å². The van der Waals surface area contributed by atoms with E-state index in [2.05, 4.69) is 13.8 Å². The zero-order chi connectivity index (χ0) is 12.1. The first-order valence-corrected chi connectivity index (χ1v) is 5.70. The summed E-state index contributed by atoms with van der Waals surface area (Å²) in [6.45, 7) is 8.58. The van der Waals surface area contributed by atoms with Crippen LogP contribution in [0.25, 0.3) is 0 Å². The van der Waals surface area contributed by atoms with Crippen molar-refractivity contribution in [3.8, 4) is 0 Å². The third-order valence-corrected chi connectivity index (χ3v) is 3.02. The number of hydrogen-bond acceptors (Lipinski definition) is 1. The van der Waals surface area contributed by atoms with Crippen LogP contribution in [0.5, 0.6) is 0 Å². The van der Waals surface area contributed by atoms with Crippen LogP contribution in [0.4, 0.5) is 13.2 Å². The summed E-state index contributed by atoms with van der Waals surface area (Å²) in [6, 6.07) is 0. The molecule has 0 saturated carbocycles. The molecule has 1 heterocycles. The van der Waals surface area contributed by atoms with Gasteiger partial charge in [0.2, 0.25) is 0 Å². The van der Waals surface area contributed by atoms with E-state index in [9.17, 15) is 13.2 Å². The Balaban J connectivity index is 0.000000921. The van der Waals surface area contributed by atoms with Gasteiger partial charge in [-0.2, -0.15) is 13.2 Å². The smallest absolute Gasteiger partial charge is 0.294 e. The Morgan fingerprint density at radius 2 is 1.47 bits per heavy atom. The fourth-order valence-electron chi connectivity index (χ4n) is 1.96. The molecule has 4 heteroatoms. The zero-order valence-electron chi connectivity index (χ0n) is 10.1. The Kier molecular flexibility index (Phi) is 5.63. The van der Waals surface area contributed by atoms with Crippen molar-refractivity contribution in [2.45, 2.75) is 46.7 Å². The highest BCUT2D eigenvalue weighted by Crippen LogP contribution is 2.38. The van der Waals surface area contributed by atoms with Gasteiger partial charge in [-0.05, 0) is 18.3 Å². The van der Waals surface area contributed by atoms with Gasteiger partial charge in [-0.25, -0.2) is 0 Å². The predicted octanol–water partition coefficient (Wildman–Crippen LogP) is 3.70. The van der Waals surface area contributed by atoms with Gasteiger partial charge in [0.1, 0.15) is 0 Å². The summed E-state index contributed by atoms with van der Waals surface area (Å²) in [7, 11) is 0. The standard InChI is InChI=1S/C9H16F3N.C2H6/c1-3-8(4-2)5-13(6-8)7-9(10,11)12;1-2/h3-7H2,1-2H3;1-2H3. The summed E-state index contributed by atoms with van der Waals surface area (Å²) in [5, 5.41) is 0. The Morgan fingerprint density at radius 3 is 1.73 bits per heavy atom. The monoisotopic (exact) mass is 225 g/mol. The molecule has 0 spiro atoms. The number of likely N-dealkylation sites (tertiary alicyclic amines) is 1. The molecule has 15 heavy (non-hydrogen) atoms. The van der Waals surface area contributed by atoms with E-state index < -0.39 is 12.7 Å². The van der Waals surface area contributed by atoms with Gasteiger partial charge in [-0.1, -0.05) is 27.7 Å². The predicted molar refractivity (Wildman–Crippen MR) is 56.9 cm³/mol. The Labute approximate surface area is 90.6 Å². The quantitative estimate of drug-likeness (QED) is 0.708. The molecule has 0 amide bonds. The van der Waals surface area contributed by atoms with Gasteiger partial charge in [0.15, 0.2) is 0 Å². The minimum absolute atomic E-state index is 0.172. The lowest BCUT2D eigenvalue weighted by atomic mass is 9.75. The normalized spacial score (nSPS) is 20.2. The van der Waals surface area contributed by atoms with Gasteiger partial charge in [0.05, 0.1) is 6.54 Å². The minimum atomic E-state index is -4.03. The van der Waals surface area contributed by atoms with E-state index in [0.717, 1.165) is 12.8 Å². The second-order valence-electron chi connectivity index (χ2n) is 3.97. The van der Waals surface area contributed by atoms with Crippen molar-refractivity contribution in [2.75, 3.05) is 19.6 Å². The molecular weight excluding hydrogens is 203 g/mol. The van der Waals surface area contributed by atoms with Crippen molar-refractivity contribution >= 4 is 0 Å². The first kappa shape index (κ1) is 14.8. The highest BCUT2D eigenvalue weighted by molar-refractivity contribution is 4.93. The van der Waals surface area contributed by atoms with E-state index in [1.165, 1.54) is 4.90 Å². The van der Waals surface area contributed by atoms with E-state index >= 15 is 0 Å². The molecule has 0 aliphatic carbocycles. The third-order valence-electron chi connectivity index (χ3n) is 3.02. The lowest BCUT2D eigenvalue weighted by Crippen LogP contribution is -2.57. The van der Waals surface area contributed by atoms with Crippen LogP contribution in [0.2, 0.25) is 0 Å². The van der Waals surface area contributed by atoms with Crippen LogP contribution in [-0.4, -0.2) is 30.7 Å². The van der Waals surface area contributed by atoms with E-state index in [1.54, 1.807) is 0 Å². The first-order chi connectivity index (χ1) is 6.91. The number of halogens is 3. The van der Waals surface area contributed by atoms with E-state index in [1.807, 2.05) is 13.8 Å². The molecule has 92 valence electrons. The SMILES string of the molecule is CC.CCC1(CC)CN(CC(F)(F)F)C1. The lowest BCUT2D eigenvalue weighted by Gasteiger charge is -2.50. The zero-order valence-corrected chi connectivity index (χ0v) is 10.1. The molecule has 1 aliphatic rings. The van der Waals surface area contributed by atoms with Crippen LogP contribution in [-0.2, 0) is 0 Å². The summed E-state index contributed by atoms with van der Waals surface area (Å²) in [4.78, 5) is 1.48. The summed E-state index contributed by atoms with van der Waals surface area (Å²) >= 11 is 0. The van der Waals surface area contributed by atoms with Gasteiger partial charge >= 0.3 is 6.18 Å². The Hall–Kier alpha value is -0.250. The van der Waals surface area contributed by atoms with Crippen molar-refractivity contribution in [1.82, 2.24) is 4.90 Å². The molecule has 0 unspecified atom stereocenters. The van der Waals surface area contributed by atoms with Crippen LogP contribution in [0, 0.1) is 5.41 Å². The molecule has 0 aromatic carbocycles. The maximum Gasteiger partial charge on any atom is 0.401 e. The molecule has 0 radical (unpaired) electrons. The van der Waals surface area contributed by atoms with Crippen LogP contribution < -0.4 is 0 Å². The molecule has 1 aliphatic heterocycles. The maximum atomic E-state index is 11.9. The molecule has 0 aromatic rings. The Morgan fingerprint density at radius 1 is 1.07 bits per heavy atom. The molecule has 0 bridgehead atoms. The molecule has 0 N–H and O–H groups in total. The average molecular weight is 225 g/mol. The first-order valence-electron chi connectivity index (χ1n) is 5.70. The highest BCUT2D eigenvalue weighted by atomic mass is 19.4. The molecule has 0 atom stereocenters. The van der Waals surface area contributed by atoms with Crippen molar-refractivity contribution in [3.63, 3.8) is 0 Å². The van der Waals surface area contributed by atoms with Crippen molar-refractivity contribution in [3.05, 3.63) is 0 Å². The van der Waals surface area contributed by atoms with Gasteiger partial charge < -0.3 is 0 Å². The number of alkyl halides is 3. The van der Waals surface area contributed by atoms with Gasteiger partial charge in [0, 0.05) is 13.1 Å². The number of nitrogens with zero attached hydrogens (tertiary/aromatic N) is 1. The summed E-state index contributed by atoms with van der Waals surface area (Å²) < 4.78 is 35.8. The molecule has 1 fully saturated rings. The van der Waals surface area contributed by atoms with Crippen molar-refractivity contribution in [1.29, 1.82) is 0 Å². The van der Waals surface area contributed by atoms with Crippen LogP contribution >= 0.6 is 0 Å². The van der Waals surface area contributed by atoms with E-state index in [-0.39, 0.29) is 5.41 Å². The molecule has 0 aromatic heterocycles. The number of rotatable bonds is 3. The van der Waals surface area contributed by atoms with Crippen LogP contribution in [0.3, 0.4) is 0 Å². The summed E-state index contributed by atoms with van der Waals surface area (Å²) in [5.41, 5.74) is 0.172. The Bertz CT molecular complexity index is 165. The minimum Gasteiger partial charge on any atom is -0.294 e. The third kappa shape index (κ3) is 4.41. The fourth-order valence-corrected chi connectivity index (χ4v) is 1.96.